The van der Waals surface area contributed by atoms with Gasteiger partial charge >= 0.3 is 0 Å². The van der Waals surface area contributed by atoms with Crippen LogP contribution in [0.4, 0.5) is 5.69 Å². The molecule has 2 aromatic carbocycles. The number of halogens is 1. The van der Waals surface area contributed by atoms with Crippen LogP contribution in [-0.2, 0) is 22.7 Å². The van der Waals surface area contributed by atoms with Crippen LogP contribution in [0, 0.1) is 0 Å². The second-order valence-electron chi connectivity index (χ2n) is 6.65. The van der Waals surface area contributed by atoms with E-state index in [9.17, 15) is 4.79 Å². The Bertz CT molecular complexity index is 960. The van der Waals surface area contributed by atoms with Gasteiger partial charge in [0.25, 0.3) is 0 Å². The molecule has 144 valence electrons. The van der Waals surface area contributed by atoms with Crippen LogP contribution in [0.1, 0.15) is 17.2 Å². The van der Waals surface area contributed by atoms with Crippen molar-refractivity contribution >= 4 is 35.0 Å². The van der Waals surface area contributed by atoms with Crippen LogP contribution in [0.25, 0.3) is 0 Å². The normalized spacial score (nSPS) is 14.8. The first-order valence-electron chi connectivity index (χ1n) is 8.95. The number of hydrogen-bond acceptors (Lipinski definition) is 4. The van der Waals surface area contributed by atoms with Gasteiger partial charge in [0, 0.05) is 29.4 Å². The maximum absolute atomic E-state index is 12.1. The summed E-state index contributed by atoms with van der Waals surface area (Å²) in [6.45, 7) is 1.11. The van der Waals surface area contributed by atoms with Crippen molar-refractivity contribution in [3.8, 4) is 0 Å². The number of carbonyl (C=O) groups is 1. The van der Waals surface area contributed by atoms with Crippen molar-refractivity contribution in [2.75, 3.05) is 17.7 Å². The zero-order valence-corrected chi connectivity index (χ0v) is 17.0. The minimum Gasteiger partial charge on any atom is -0.367 e. The largest absolute Gasteiger partial charge is 0.367 e. The zero-order valence-electron chi connectivity index (χ0n) is 15.4. The van der Waals surface area contributed by atoms with E-state index in [1.165, 1.54) is 0 Å². The highest BCUT2D eigenvalue weighted by molar-refractivity contribution is 8.00. The first kappa shape index (κ1) is 19.1. The average Bonchev–Trinajstić information content (AvgIpc) is 3.22. The molecule has 4 rings (SSSR count). The van der Waals surface area contributed by atoms with Crippen molar-refractivity contribution in [3.05, 3.63) is 77.3 Å². The topological polar surface area (TPSA) is 47.4 Å². The van der Waals surface area contributed by atoms with Crippen LogP contribution < -0.4 is 4.90 Å². The van der Waals surface area contributed by atoms with Gasteiger partial charge < -0.3 is 14.2 Å². The van der Waals surface area contributed by atoms with Gasteiger partial charge in [-0.1, -0.05) is 29.8 Å². The fourth-order valence-corrected chi connectivity index (χ4v) is 4.21. The second-order valence-corrected chi connectivity index (χ2v) is 8.11. The Labute approximate surface area is 173 Å². The highest BCUT2D eigenvalue weighted by Gasteiger charge is 2.23. The molecule has 2 heterocycles. The van der Waals surface area contributed by atoms with Gasteiger partial charge in [0.1, 0.15) is 6.10 Å². The van der Waals surface area contributed by atoms with Crippen LogP contribution in [0.3, 0.4) is 0 Å². The van der Waals surface area contributed by atoms with Crippen molar-refractivity contribution in [1.29, 1.82) is 0 Å². The van der Waals surface area contributed by atoms with E-state index in [4.69, 9.17) is 16.3 Å². The summed E-state index contributed by atoms with van der Waals surface area (Å²) in [7, 11) is 1.82. The summed E-state index contributed by atoms with van der Waals surface area (Å²) in [6, 6.07) is 13.9. The third kappa shape index (κ3) is 4.24. The molecule has 0 saturated carbocycles. The zero-order chi connectivity index (χ0) is 19.5. The van der Waals surface area contributed by atoms with E-state index in [0.29, 0.717) is 23.9 Å². The van der Waals surface area contributed by atoms with Crippen LogP contribution in [0.2, 0.25) is 5.02 Å². The number of anilines is 1. The number of aromatic nitrogens is 2. The summed E-state index contributed by atoms with van der Waals surface area (Å²) < 4.78 is 8.27. The van der Waals surface area contributed by atoms with Crippen molar-refractivity contribution in [1.82, 2.24) is 9.55 Å². The van der Waals surface area contributed by atoms with Gasteiger partial charge in [-0.3, -0.25) is 4.79 Å². The standard InChI is InChI=1S/C21H20ClN3O2S/c1-24-18-10-16(4-7-20(18)28-13-21(24)26)19(11-25-9-8-23-14-25)27-12-15-2-5-17(22)6-3-15/h2-10,14,19H,11-13H2,1H3/t19-/m1/s1. The maximum atomic E-state index is 12.1. The number of fused-ring (bicyclic) bond motifs is 1. The third-order valence-corrected chi connectivity index (χ3v) is 6.04. The average molecular weight is 414 g/mol. The van der Waals surface area contributed by atoms with Crippen molar-refractivity contribution in [2.24, 2.45) is 0 Å². The minimum atomic E-state index is -0.175. The number of imidazole rings is 1. The Morgan fingerprint density at radius 3 is 2.82 bits per heavy atom. The Morgan fingerprint density at radius 1 is 1.25 bits per heavy atom. The molecule has 28 heavy (non-hydrogen) atoms. The number of ether oxygens (including phenoxy) is 1. The minimum absolute atomic E-state index is 0.114. The monoisotopic (exact) mass is 413 g/mol. The van der Waals surface area contributed by atoms with Gasteiger partial charge in [-0.05, 0) is 35.4 Å². The molecule has 0 N–H and O–H groups in total. The first-order chi connectivity index (χ1) is 13.6. The summed E-state index contributed by atoms with van der Waals surface area (Å²) in [4.78, 5) is 19.0. The lowest BCUT2D eigenvalue weighted by molar-refractivity contribution is -0.116. The van der Waals surface area contributed by atoms with E-state index in [2.05, 4.69) is 23.2 Å². The van der Waals surface area contributed by atoms with Gasteiger partial charge in [-0.25, -0.2) is 4.98 Å². The molecule has 1 aliphatic heterocycles. The molecular formula is C21H20ClN3O2S. The lowest BCUT2D eigenvalue weighted by Gasteiger charge is -2.27. The summed E-state index contributed by atoms with van der Waals surface area (Å²) in [5.74, 6) is 0.594. The van der Waals surface area contributed by atoms with E-state index in [1.54, 1.807) is 29.2 Å². The fraction of sp³-hybridized carbons (Fsp3) is 0.238. The fourth-order valence-electron chi connectivity index (χ4n) is 3.11. The van der Waals surface area contributed by atoms with Gasteiger partial charge in [0.05, 0.1) is 30.9 Å². The SMILES string of the molecule is CN1C(=O)CSc2ccc([C@@H](Cn3ccnc3)OCc3ccc(Cl)cc3)cc21. The lowest BCUT2D eigenvalue weighted by Crippen LogP contribution is -2.31. The van der Waals surface area contributed by atoms with Gasteiger partial charge in [0.15, 0.2) is 0 Å². The number of carbonyl (C=O) groups excluding carboxylic acids is 1. The maximum Gasteiger partial charge on any atom is 0.237 e. The molecule has 0 aliphatic carbocycles. The predicted molar refractivity (Wildman–Crippen MR) is 112 cm³/mol. The van der Waals surface area contributed by atoms with E-state index in [1.807, 2.05) is 42.1 Å². The van der Waals surface area contributed by atoms with E-state index in [-0.39, 0.29) is 12.0 Å². The highest BCUT2D eigenvalue weighted by atomic mass is 35.5. The highest BCUT2D eigenvalue weighted by Crippen LogP contribution is 2.37. The molecule has 0 spiro atoms. The third-order valence-electron chi connectivity index (χ3n) is 4.74. The lowest BCUT2D eigenvalue weighted by atomic mass is 10.1. The molecular weight excluding hydrogens is 394 g/mol. The number of thioether (sulfide) groups is 1. The van der Waals surface area contributed by atoms with Gasteiger partial charge in [0.2, 0.25) is 5.91 Å². The molecule has 0 fully saturated rings. The number of rotatable bonds is 6. The Balaban J connectivity index is 1.59. The molecule has 0 unspecified atom stereocenters. The number of amides is 1. The molecule has 0 saturated heterocycles. The summed E-state index contributed by atoms with van der Waals surface area (Å²) in [6.07, 6.45) is 5.28. The number of hydrogen-bond donors (Lipinski definition) is 0. The molecule has 0 bridgehead atoms. The number of benzene rings is 2. The first-order valence-corrected chi connectivity index (χ1v) is 10.3. The summed E-state index contributed by atoms with van der Waals surface area (Å²) in [5.41, 5.74) is 3.02. The molecule has 1 amide bonds. The molecule has 0 radical (unpaired) electrons. The molecule has 1 aliphatic rings. The van der Waals surface area contributed by atoms with Crippen molar-refractivity contribution < 1.29 is 9.53 Å². The molecule has 1 atom stereocenters. The van der Waals surface area contributed by atoms with E-state index in [0.717, 1.165) is 21.7 Å². The molecule has 1 aromatic heterocycles. The van der Waals surface area contributed by atoms with Crippen LogP contribution >= 0.6 is 23.4 Å². The Morgan fingerprint density at radius 2 is 2.07 bits per heavy atom. The predicted octanol–water partition coefficient (Wildman–Crippen LogP) is 4.56. The van der Waals surface area contributed by atoms with Crippen LogP contribution in [0.5, 0.6) is 0 Å². The quantitative estimate of drug-likeness (QED) is 0.594. The van der Waals surface area contributed by atoms with Gasteiger partial charge in [-0.15, -0.1) is 11.8 Å². The molecule has 3 aromatic rings. The van der Waals surface area contributed by atoms with Crippen LogP contribution in [-0.4, -0.2) is 28.3 Å². The summed E-state index contributed by atoms with van der Waals surface area (Å²) in [5, 5.41) is 0.707. The van der Waals surface area contributed by atoms with E-state index >= 15 is 0 Å². The Hall–Kier alpha value is -2.28. The number of nitrogens with zero attached hydrogens (tertiary/aromatic N) is 3. The van der Waals surface area contributed by atoms with Crippen molar-refractivity contribution in [3.63, 3.8) is 0 Å². The molecule has 7 heteroatoms. The second kappa shape index (κ2) is 8.39. The Kier molecular flexibility index (Phi) is 5.71. The van der Waals surface area contributed by atoms with E-state index < -0.39 is 0 Å². The summed E-state index contributed by atoms with van der Waals surface area (Å²) >= 11 is 7.55. The van der Waals surface area contributed by atoms with Crippen LogP contribution in [0.15, 0.2) is 66.1 Å². The van der Waals surface area contributed by atoms with Gasteiger partial charge in [-0.2, -0.15) is 0 Å². The molecule has 5 nitrogen and oxygen atoms in total. The smallest absolute Gasteiger partial charge is 0.237 e. The van der Waals surface area contributed by atoms with Crippen molar-refractivity contribution in [2.45, 2.75) is 24.2 Å².